The highest BCUT2D eigenvalue weighted by molar-refractivity contribution is 7.92. The van der Waals surface area contributed by atoms with Gasteiger partial charge in [0.05, 0.1) is 27.7 Å². The topological polar surface area (TPSA) is 96.0 Å². The van der Waals surface area contributed by atoms with Crippen LogP contribution in [0.25, 0.3) is 0 Å². The highest BCUT2D eigenvalue weighted by Crippen LogP contribution is 2.31. The van der Waals surface area contributed by atoms with Crippen LogP contribution in [0.1, 0.15) is 31.9 Å². The SMILES string of the molecule is COc1ccc(CN(C(=O)CN(c2ccc(Cl)c(Cl)c2)S(=O)(=O)c2ccc(C)cc2)[C@@H](C)C(=O)NCC(C)C)cc1. The fourth-order valence-electron chi connectivity index (χ4n) is 3.97. The molecule has 0 aliphatic carbocycles. The molecule has 1 N–H and O–H groups in total. The van der Waals surface area contributed by atoms with E-state index in [1.54, 1.807) is 50.4 Å². The molecule has 0 heterocycles. The number of amides is 2. The normalized spacial score (nSPS) is 12.1. The van der Waals surface area contributed by atoms with Crippen LogP contribution in [0.15, 0.2) is 71.6 Å². The van der Waals surface area contributed by atoms with Crippen molar-refractivity contribution in [2.45, 2.75) is 45.2 Å². The van der Waals surface area contributed by atoms with Crippen LogP contribution in [-0.2, 0) is 26.2 Å². The van der Waals surface area contributed by atoms with Crippen molar-refractivity contribution >= 4 is 50.7 Å². The van der Waals surface area contributed by atoms with E-state index < -0.39 is 28.5 Å². The Balaban J connectivity index is 2.03. The van der Waals surface area contributed by atoms with Gasteiger partial charge in [-0.15, -0.1) is 0 Å². The number of nitrogens with zero attached hydrogens (tertiary/aromatic N) is 2. The number of aryl methyl sites for hydroxylation is 1. The number of halogens is 2. The van der Waals surface area contributed by atoms with Crippen LogP contribution in [0.2, 0.25) is 10.0 Å². The number of hydrogen-bond donors (Lipinski definition) is 1. The molecule has 11 heteroatoms. The lowest BCUT2D eigenvalue weighted by molar-refractivity contribution is -0.139. The van der Waals surface area contributed by atoms with Crippen LogP contribution in [-0.4, -0.2) is 51.4 Å². The molecule has 0 aliphatic rings. The number of rotatable bonds is 12. The van der Waals surface area contributed by atoms with Gasteiger partial charge in [0.15, 0.2) is 0 Å². The lowest BCUT2D eigenvalue weighted by atomic mass is 10.1. The Hall–Kier alpha value is -3.27. The molecule has 0 aliphatic heterocycles. The predicted octanol–water partition coefficient (Wildman–Crippen LogP) is 5.70. The van der Waals surface area contributed by atoms with Gasteiger partial charge in [-0.05, 0) is 67.8 Å². The fourth-order valence-corrected chi connectivity index (χ4v) is 5.67. The summed E-state index contributed by atoms with van der Waals surface area (Å²) in [4.78, 5) is 28.4. The number of hydrogen-bond acceptors (Lipinski definition) is 5. The molecule has 0 unspecified atom stereocenters. The standard InChI is InChI=1S/C30H35Cl2N3O5S/c1-20(2)17-33-30(37)22(4)34(18-23-8-11-25(40-5)12-9-23)29(36)19-35(24-10-15-27(31)28(32)16-24)41(38,39)26-13-6-21(3)7-14-26/h6-16,20,22H,17-19H2,1-5H3,(H,33,37)/t22-/m0/s1. The van der Waals surface area contributed by atoms with Crippen LogP contribution >= 0.6 is 23.2 Å². The van der Waals surface area contributed by atoms with Gasteiger partial charge < -0.3 is 15.0 Å². The third-order valence-electron chi connectivity index (χ3n) is 6.44. The molecule has 3 rings (SSSR count). The number of methoxy groups -OCH3 is 1. The number of sulfonamides is 1. The first-order valence-corrected chi connectivity index (χ1v) is 15.3. The number of carbonyl (C=O) groups excluding carboxylic acids is 2. The average Bonchev–Trinajstić information content (AvgIpc) is 2.94. The average molecular weight is 621 g/mol. The first-order chi connectivity index (χ1) is 19.3. The zero-order valence-corrected chi connectivity index (χ0v) is 26.1. The maximum Gasteiger partial charge on any atom is 0.264 e. The quantitative estimate of drug-likeness (QED) is 0.281. The van der Waals surface area contributed by atoms with Crippen molar-refractivity contribution < 1.29 is 22.7 Å². The van der Waals surface area contributed by atoms with Crippen molar-refractivity contribution in [3.63, 3.8) is 0 Å². The Morgan fingerprint density at radius 3 is 2.12 bits per heavy atom. The minimum atomic E-state index is -4.21. The third kappa shape index (κ3) is 8.38. The second kappa shape index (κ2) is 14.1. The lowest BCUT2D eigenvalue weighted by Gasteiger charge is -2.32. The summed E-state index contributed by atoms with van der Waals surface area (Å²) >= 11 is 12.3. The van der Waals surface area contributed by atoms with Crippen LogP contribution < -0.4 is 14.4 Å². The van der Waals surface area contributed by atoms with Crippen LogP contribution in [0.4, 0.5) is 5.69 Å². The minimum Gasteiger partial charge on any atom is -0.497 e. The largest absolute Gasteiger partial charge is 0.497 e. The van der Waals surface area contributed by atoms with E-state index >= 15 is 0 Å². The second-order valence-electron chi connectivity index (χ2n) is 10.1. The summed E-state index contributed by atoms with van der Waals surface area (Å²) in [5.41, 5.74) is 1.78. The van der Waals surface area contributed by atoms with Gasteiger partial charge in [-0.25, -0.2) is 8.42 Å². The zero-order chi connectivity index (χ0) is 30.3. The molecule has 0 spiro atoms. The molecular formula is C30H35Cl2N3O5S. The maximum atomic E-state index is 14.0. The van der Waals surface area contributed by atoms with Crippen LogP contribution in [0, 0.1) is 12.8 Å². The van der Waals surface area contributed by atoms with Crippen molar-refractivity contribution in [2.24, 2.45) is 5.92 Å². The molecule has 0 saturated carbocycles. The maximum absolute atomic E-state index is 14.0. The monoisotopic (exact) mass is 619 g/mol. The molecular weight excluding hydrogens is 585 g/mol. The molecule has 8 nitrogen and oxygen atoms in total. The molecule has 1 atom stereocenters. The van der Waals surface area contributed by atoms with Gasteiger partial charge in [-0.1, -0.05) is 66.9 Å². The van der Waals surface area contributed by atoms with E-state index in [-0.39, 0.29) is 39.0 Å². The molecule has 0 bridgehead atoms. The smallest absolute Gasteiger partial charge is 0.264 e. The molecule has 0 radical (unpaired) electrons. The van der Waals surface area contributed by atoms with Gasteiger partial charge in [0, 0.05) is 13.1 Å². The van der Waals surface area contributed by atoms with E-state index in [1.165, 1.54) is 35.2 Å². The van der Waals surface area contributed by atoms with Crippen molar-refractivity contribution in [3.05, 3.63) is 87.9 Å². The number of ether oxygens (including phenoxy) is 1. The summed E-state index contributed by atoms with van der Waals surface area (Å²) in [7, 11) is -2.66. The molecule has 220 valence electrons. The number of anilines is 1. The van der Waals surface area contributed by atoms with Crippen LogP contribution in [0.5, 0.6) is 5.75 Å². The first kappa shape index (κ1) is 32.2. The molecule has 0 fully saturated rings. The van der Waals surface area contributed by atoms with Crippen molar-refractivity contribution in [1.82, 2.24) is 10.2 Å². The van der Waals surface area contributed by atoms with Gasteiger partial charge in [-0.2, -0.15) is 0 Å². The summed E-state index contributed by atoms with van der Waals surface area (Å²) in [6, 6.07) is 16.9. The number of nitrogens with one attached hydrogen (secondary N) is 1. The number of benzene rings is 3. The summed E-state index contributed by atoms with van der Waals surface area (Å²) in [5, 5.41) is 3.24. The Morgan fingerprint density at radius 2 is 1.56 bits per heavy atom. The molecule has 0 saturated heterocycles. The van der Waals surface area contributed by atoms with E-state index in [0.29, 0.717) is 12.3 Å². The minimum absolute atomic E-state index is 0.00593. The highest BCUT2D eigenvalue weighted by atomic mass is 35.5. The summed E-state index contributed by atoms with van der Waals surface area (Å²) in [6.07, 6.45) is 0. The van der Waals surface area contributed by atoms with E-state index in [9.17, 15) is 18.0 Å². The van der Waals surface area contributed by atoms with Gasteiger partial charge in [0.1, 0.15) is 18.3 Å². The fraction of sp³-hybridized carbons (Fsp3) is 0.333. The van der Waals surface area contributed by atoms with Gasteiger partial charge in [0.25, 0.3) is 10.0 Å². The van der Waals surface area contributed by atoms with Crippen molar-refractivity contribution in [2.75, 3.05) is 24.5 Å². The molecule has 3 aromatic rings. The van der Waals surface area contributed by atoms with Crippen LogP contribution in [0.3, 0.4) is 0 Å². The van der Waals surface area contributed by atoms with Gasteiger partial charge in [0.2, 0.25) is 11.8 Å². The molecule has 2 amide bonds. The van der Waals surface area contributed by atoms with Crippen molar-refractivity contribution in [1.29, 1.82) is 0 Å². The van der Waals surface area contributed by atoms with E-state index in [1.807, 2.05) is 20.8 Å². The lowest BCUT2D eigenvalue weighted by Crippen LogP contribution is -2.51. The van der Waals surface area contributed by atoms with E-state index in [0.717, 1.165) is 15.4 Å². The van der Waals surface area contributed by atoms with Gasteiger partial charge >= 0.3 is 0 Å². The first-order valence-electron chi connectivity index (χ1n) is 13.1. The Morgan fingerprint density at radius 1 is 0.927 bits per heavy atom. The third-order valence-corrected chi connectivity index (χ3v) is 8.97. The zero-order valence-electron chi connectivity index (χ0n) is 23.7. The van der Waals surface area contributed by atoms with Gasteiger partial charge in [-0.3, -0.25) is 13.9 Å². The van der Waals surface area contributed by atoms with E-state index in [4.69, 9.17) is 27.9 Å². The predicted molar refractivity (Wildman–Crippen MR) is 163 cm³/mol. The Kier molecular flexibility index (Phi) is 11.1. The molecule has 3 aromatic carbocycles. The highest BCUT2D eigenvalue weighted by Gasteiger charge is 2.32. The molecule has 0 aromatic heterocycles. The summed E-state index contributed by atoms with van der Waals surface area (Å²) in [6.45, 7) is 7.33. The summed E-state index contributed by atoms with van der Waals surface area (Å²) in [5.74, 6) is -0.0659. The number of carbonyl (C=O) groups is 2. The Bertz CT molecular complexity index is 1460. The molecule has 41 heavy (non-hydrogen) atoms. The summed E-state index contributed by atoms with van der Waals surface area (Å²) < 4.78 is 34.0. The Labute approximate surface area is 252 Å². The second-order valence-corrected chi connectivity index (χ2v) is 12.8. The van der Waals surface area contributed by atoms with Crippen molar-refractivity contribution in [3.8, 4) is 5.75 Å². The van der Waals surface area contributed by atoms with E-state index in [2.05, 4.69) is 5.32 Å².